The van der Waals surface area contributed by atoms with E-state index in [4.69, 9.17) is 5.73 Å². The smallest absolute Gasteiger partial charge is 0.312 e. The summed E-state index contributed by atoms with van der Waals surface area (Å²) < 4.78 is 0. The molecule has 1 saturated heterocycles. The Morgan fingerprint density at radius 3 is 2.52 bits per heavy atom. The van der Waals surface area contributed by atoms with Gasteiger partial charge < -0.3 is 16.0 Å². The number of nitrogens with zero attached hydrogens (tertiary/aromatic N) is 1. The average molecular weight is 311 g/mol. The van der Waals surface area contributed by atoms with Crippen molar-refractivity contribution in [3.63, 3.8) is 0 Å². The van der Waals surface area contributed by atoms with Gasteiger partial charge in [-0.1, -0.05) is 42.5 Å². The first-order chi connectivity index (χ1) is 11.1. The highest BCUT2D eigenvalue weighted by atomic mass is 16.2. The second kappa shape index (κ2) is 6.69. The van der Waals surface area contributed by atoms with E-state index in [1.807, 2.05) is 29.2 Å². The van der Waals surface area contributed by atoms with Gasteiger partial charge in [0.05, 0.1) is 6.42 Å². The van der Waals surface area contributed by atoms with E-state index in [0.717, 1.165) is 29.2 Å². The van der Waals surface area contributed by atoms with Crippen molar-refractivity contribution < 1.29 is 9.59 Å². The lowest BCUT2D eigenvalue weighted by Gasteiger charge is -2.32. The third-order valence-corrected chi connectivity index (χ3v) is 4.42. The molecule has 23 heavy (non-hydrogen) atoms. The summed E-state index contributed by atoms with van der Waals surface area (Å²) in [7, 11) is 0. The molecule has 1 aliphatic heterocycles. The number of nitrogens with two attached hydrogens (primary N) is 1. The zero-order valence-electron chi connectivity index (χ0n) is 13.0. The Labute approximate surface area is 135 Å². The fraction of sp³-hybridized carbons (Fsp3) is 0.333. The highest BCUT2D eigenvalue weighted by Gasteiger charge is 2.23. The average Bonchev–Trinajstić information content (AvgIpc) is 2.55. The number of carbonyl (C=O) groups is 2. The highest BCUT2D eigenvalue weighted by molar-refractivity contribution is 5.90. The normalized spacial score (nSPS) is 15.6. The summed E-state index contributed by atoms with van der Waals surface area (Å²) in [5, 5.41) is 5.00. The van der Waals surface area contributed by atoms with Crippen molar-refractivity contribution in [3.05, 3.63) is 48.0 Å². The molecule has 1 aliphatic rings. The molecule has 0 aliphatic carbocycles. The molecule has 0 radical (unpaired) electrons. The topological polar surface area (TPSA) is 75.4 Å². The molecule has 3 amide bonds. The van der Waals surface area contributed by atoms with Crippen LogP contribution in [0.25, 0.3) is 10.8 Å². The molecule has 1 heterocycles. The number of urea groups is 1. The Balaban J connectivity index is 1.64. The van der Waals surface area contributed by atoms with E-state index in [0.29, 0.717) is 19.5 Å². The Hall–Kier alpha value is -2.56. The van der Waals surface area contributed by atoms with Crippen LogP contribution in [0.4, 0.5) is 4.79 Å². The van der Waals surface area contributed by atoms with Crippen LogP contribution in [0.3, 0.4) is 0 Å². The lowest BCUT2D eigenvalue weighted by molar-refractivity contribution is -0.131. The van der Waals surface area contributed by atoms with E-state index < -0.39 is 6.03 Å². The first-order valence-electron chi connectivity index (χ1n) is 7.94. The third kappa shape index (κ3) is 3.62. The number of benzene rings is 2. The second-order valence-corrected chi connectivity index (χ2v) is 5.98. The summed E-state index contributed by atoms with van der Waals surface area (Å²) in [6.45, 7) is 1.32. The van der Waals surface area contributed by atoms with Crippen molar-refractivity contribution in [2.24, 2.45) is 5.73 Å². The van der Waals surface area contributed by atoms with Gasteiger partial charge in [0.1, 0.15) is 0 Å². The number of piperidine rings is 1. The maximum Gasteiger partial charge on any atom is 0.312 e. The minimum atomic E-state index is -0.495. The minimum Gasteiger partial charge on any atom is -0.352 e. The molecular weight excluding hydrogens is 290 g/mol. The van der Waals surface area contributed by atoms with Crippen LogP contribution in [0.15, 0.2) is 42.5 Å². The largest absolute Gasteiger partial charge is 0.352 e. The fourth-order valence-electron chi connectivity index (χ4n) is 3.20. The van der Waals surface area contributed by atoms with Gasteiger partial charge in [0.15, 0.2) is 0 Å². The molecule has 5 nitrogen and oxygen atoms in total. The number of carbonyl (C=O) groups excluding carboxylic acids is 2. The van der Waals surface area contributed by atoms with Gasteiger partial charge in [-0.3, -0.25) is 4.79 Å². The van der Waals surface area contributed by atoms with Gasteiger partial charge in [-0.25, -0.2) is 4.79 Å². The molecule has 0 saturated carbocycles. The lowest BCUT2D eigenvalue weighted by Crippen LogP contribution is -2.48. The maximum atomic E-state index is 12.6. The zero-order chi connectivity index (χ0) is 16.2. The number of nitrogens with one attached hydrogen (secondary N) is 1. The van der Waals surface area contributed by atoms with Crippen LogP contribution in [0.2, 0.25) is 0 Å². The number of primary amides is 1. The van der Waals surface area contributed by atoms with Gasteiger partial charge in [-0.15, -0.1) is 0 Å². The van der Waals surface area contributed by atoms with Crippen LogP contribution in [0, 0.1) is 0 Å². The van der Waals surface area contributed by atoms with Gasteiger partial charge in [-0.2, -0.15) is 0 Å². The van der Waals surface area contributed by atoms with E-state index in [-0.39, 0.29) is 11.9 Å². The first-order valence-corrected chi connectivity index (χ1v) is 7.94. The van der Waals surface area contributed by atoms with E-state index >= 15 is 0 Å². The van der Waals surface area contributed by atoms with Gasteiger partial charge in [-0.05, 0) is 29.2 Å². The molecule has 0 bridgehead atoms. The van der Waals surface area contributed by atoms with Crippen molar-refractivity contribution in [1.82, 2.24) is 10.2 Å². The molecule has 5 heteroatoms. The SMILES string of the molecule is NC(=O)NC1CCN(C(=O)Cc2cccc3ccccc23)CC1. The number of likely N-dealkylation sites (tertiary alicyclic amines) is 1. The lowest BCUT2D eigenvalue weighted by atomic mass is 10.0. The molecule has 3 rings (SSSR count). The van der Waals surface area contributed by atoms with Crippen molar-refractivity contribution in [2.75, 3.05) is 13.1 Å². The fourth-order valence-corrected chi connectivity index (χ4v) is 3.20. The molecule has 0 aromatic heterocycles. The molecular formula is C18H21N3O2. The molecule has 2 aromatic rings. The standard InChI is InChI=1S/C18H21N3O2/c19-18(23)20-15-8-10-21(11-9-15)17(22)12-14-6-3-5-13-4-1-2-7-16(13)14/h1-7,15H,8-12H2,(H3,19,20,23). The van der Waals surface area contributed by atoms with Crippen molar-refractivity contribution in [1.29, 1.82) is 0 Å². The molecule has 0 unspecified atom stereocenters. The zero-order valence-corrected chi connectivity index (χ0v) is 13.0. The summed E-state index contributed by atoms with van der Waals surface area (Å²) in [4.78, 5) is 25.3. The van der Waals surface area contributed by atoms with Crippen molar-refractivity contribution >= 4 is 22.7 Å². The van der Waals surface area contributed by atoms with Gasteiger partial charge in [0.2, 0.25) is 5.91 Å². The second-order valence-electron chi connectivity index (χ2n) is 5.98. The number of rotatable bonds is 3. The Kier molecular flexibility index (Phi) is 4.46. The number of hydrogen-bond donors (Lipinski definition) is 2. The molecule has 2 aromatic carbocycles. The van der Waals surface area contributed by atoms with Gasteiger partial charge >= 0.3 is 6.03 Å². The molecule has 120 valence electrons. The van der Waals surface area contributed by atoms with Gasteiger partial charge in [0.25, 0.3) is 0 Å². The quantitative estimate of drug-likeness (QED) is 0.910. The van der Waals surface area contributed by atoms with Crippen LogP contribution in [-0.4, -0.2) is 36.0 Å². The Bertz CT molecular complexity index is 716. The summed E-state index contributed by atoms with van der Waals surface area (Å²) in [5.74, 6) is 0.138. The predicted molar refractivity (Wildman–Crippen MR) is 90.0 cm³/mol. The molecule has 0 atom stereocenters. The van der Waals surface area contributed by atoms with E-state index in [9.17, 15) is 9.59 Å². The van der Waals surface area contributed by atoms with E-state index in [1.54, 1.807) is 0 Å². The Morgan fingerprint density at radius 2 is 1.78 bits per heavy atom. The first kappa shape index (κ1) is 15.3. The van der Waals surface area contributed by atoms with Gasteiger partial charge in [0, 0.05) is 19.1 Å². The third-order valence-electron chi connectivity index (χ3n) is 4.42. The summed E-state index contributed by atoms with van der Waals surface area (Å²) in [6.07, 6.45) is 1.92. The summed E-state index contributed by atoms with van der Waals surface area (Å²) in [5.41, 5.74) is 6.20. The van der Waals surface area contributed by atoms with Crippen molar-refractivity contribution in [2.45, 2.75) is 25.3 Å². The summed E-state index contributed by atoms with van der Waals surface area (Å²) >= 11 is 0. The number of fused-ring (bicyclic) bond motifs is 1. The molecule has 0 spiro atoms. The van der Waals surface area contributed by atoms with E-state index in [1.165, 1.54) is 0 Å². The summed E-state index contributed by atoms with van der Waals surface area (Å²) in [6, 6.07) is 13.8. The van der Waals surface area contributed by atoms with Crippen LogP contribution in [-0.2, 0) is 11.2 Å². The van der Waals surface area contributed by atoms with Crippen LogP contribution in [0.5, 0.6) is 0 Å². The monoisotopic (exact) mass is 311 g/mol. The van der Waals surface area contributed by atoms with Crippen LogP contribution in [0.1, 0.15) is 18.4 Å². The predicted octanol–water partition coefficient (Wildman–Crippen LogP) is 2.04. The number of hydrogen-bond acceptors (Lipinski definition) is 2. The highest BCUT2D eigenvalue weighted by Crippen LogP contribution is 2.20. The molecule has 3 N–H and O–H groups in total. The van der Waals surface area contributed by atoms with Crippen molar-refractivity contribution in [3.8, 4) is 0 Å². The minimum absolute atomic E-state index is 0.0779. The molecule has 1 fully saturated rings. The maximum absolute atomic E-state index is 12.6. The number of amides is 3. The Morgan fingerprint density at radius 1 is 1.09 bits per heavy atom. The van der Waals surface area contributed by atoms with Crippen LogP contribution < -0.4 is 11.1 Å². The van der Waals surface area contributed by atoms with E-state index in [2.05, 4.69) is 23.5 Å². The van der Waals surface area contributed by atoms with Crippen LogP contribution >= 0.6 is 0 Å².